The quantitative estimate of drug-likeness (QED) is 0.823. The van der Waals surface area contributed by atoms with Crippen molar-refractivity contribution in [2.24, 2.45) is 0 Å². The zero-order valence-corrected chi connectivity index (χ0v) is 11.3. The van der Waals surface area contributed by atoms with Crippen molar-refractivity contribution in [2.75, 3.05) is 7.11 Å². The van der Waals surface area contributed by atoms with E-state index in [2.05, 4.69) is 4.74 Å². The van der Waals surface area contributed by atoms with Gasteiger partial charge in [0.05, 0.1) is 12.7 Å². The van der Waals surface area contributed by atoms with Gasteiger partial charge in [-0.25, -0.2) is 4.79 Å². The second kappa shape index (κ2) is 5.17. The minimum absolute atomic E-state index is 0.0392. The molecular weight excluding hydrogens is 246 g/mol. The number of aromatic nitrogens is 1. The molecule has 0 spiro atoms. The fourth-order valence-electron chi connectivity index (χ4n) is 2.57. The van der Waals surface area contributed by atoms with Crippen LogP contribution in [0.3, 0.4) is 0 Å². The first-order valence-electron chi connectivity index (χ1n) is 6.46. The molecule has 1 saturated carbocycles. The summed E-state index contributed by atoms with van der Waals surface area (Å²) < 4.78 is 6.19. The van der Waals surface area contributed by atoms with E-state index in [0.717, 1.165) is 12.8 Å². The van der Waals surface area contributed by atoms with Gasteiger partial charge in [0.2, 0.25) is 0 Å². The summed E-state index contributed by atoms with van der Waals surface area (Å²) in [6, 6.07) is 3.20. The van der Waals surface area contributed by atoms with Gasteiger partial charge in [0.1, 0.15) is 5.56 Å². The normalized spacial score (nSPS) is 27.0. The molecule has 1 aliphatic rings. The standard InChI is InChI=1S/C14H19NO4/c1-14(18)7-5-10(6-8-14)15-9-3-4-11(12(15)16)13(17)19-2/h3-4,9-10,18H,5-8H2,1-2H3. The van der Waals surface area contributed by atoms with Crippen molar-refractivity contribution in [1.29, 1.82) is 0 Å². The van der Waals surface area contributed by atoms with Crippen LogP contribution >= 0.6 is 0 Å². The van der Waals surface area contributed by atoms with Gasteiger partial charge in [-0.3, -0.25) is 4.79 Å². The van der Waals surface area contributed by atoms with Crippen molar-refractivity contribution in [1.82, 2.24) is 4.57 Å². The molecule has 0 unspecified atom stereocenters. The van der Waals surface area contributed by atoms with Crippen LogP contribution in [0.15, 0.2) is 23.1 Å². The van der Waals surface area contributed by atoms with Gasteiger partial charge in [-0.15, -0.1) is 0 Å². The van der Waals surface area contributed by atoms with Crippen LogP contribution < -0.4 is 5.56 Å². The third kappa shape index (κ3) is 2.87. The Morgan fingerprint density at radius 1 is 1.47 bits per heavy atom. The minimum Gasteiger partial charge on any atom is -0.465 e. The van der Waals surface area contributed by atoms with Gasteiger partial charge < -0.3 is 14.4 Å². The van der Waals surface area contributed by atoms with Gasteiger partial charge in [0.25, 0.3) is 5.56 Å². The molecule has 2 rings (SSSR count). The number of ether oxygens (including phenoxy) is 1. The Balaban J connectivity index is 2.27. The largest absolute Gasteiger partial charge is 0.465 e. The Hall–Kier alpha value is -1.62. The summed E-state index contributed by atoms with van der Waals surface area (Å²) in [5, 5.41) is 9.93. The molecule has 0 atom stereocenters. The predicted octanol–water partition coefficient (Wildman–Crippen LogP) is 1.50. The molecule has 1 aromatic rings. The number of nitrogens with zero attached hydrogens (tertiary/aromatic N) is 1. The first kappa shape index (κ1) is 13.8. The lowest BCUT2D eigenvalue weighted by atomic mass is 9.83. The monoisotopic (exact) mass is 265 g/mol. The van der Waals surface area contributed by atoms with Gasteiger partial charge in [0.15, 0.2) is 0 Å². The second-order valence-electron chi connectivity index (χ2n) is 5.35. The summed E-state index contributed by atoms with van der Waals surface area (Å²) in [6.45, 7) is 1.82. The number of pyridine rings is 1. The average molecular weight is 265 g/mol. The first-order chi connectivity index (χ1) is 8.94. The topological polar surface area (TPSA) is 68.5 Å². The van der Waals surface area contributed by atoms with E-state index in [9.17, 15) is 14.7 Å². The van der Waals surface area contributed by atoms with Crippen LogP contribution in [0.25, 0.3) is 0 Å². The highest BCUT2D eigenvalue weighted by molar-refractivity contribution is 5.88. The molecular formula is C14H19NO4. The van der Waals surface area contributed by atoms with E-state index in [1.54, 1.807) is 16.8 Å². The van der Waals surface area contributed by atoms with E-state index in [4.69, 9.17) is 0 Å². The van der Waals surface area contributed by atoms with Crippen LogP contribution in [0.5, 0.6) is 0 Å². The molecule has 5 nitrogen and oxygen atoms in total. The fraction of sp³-hybridized carbons (Fsp3) is 0.571. The molecule has 1 aromatic heterocycles. The van der Waals surface area contributed by atoms with E-state index in [1.165, 1.54) is 13.2 Å². The molecule has 0 saturated heterocycles. The summed E-state index contributed by atoms with van der Waals surface area (Å²) in [7, 11) is 1.26. The van der Waals surface area contributed by atoms with E-state index >= 15 is 0 Å². The molecule has 1 aliphatic carbocycles. The van der Waals surface area contributed by atoms with Crippen LogP contribution in [0.2, 0.25) is 0 Å². The van der Waals surface area contributed by atoms with Crippen LogP contribution in [-0.2, 0) is 4.74 Å². The average Bonchev–Trinajstić information content (AvgIpc) is 2.39. The van der Waals surface area contributed by atoms with Gasteiger partial charge in [-0.1, -0.05) is 0 Å². The van der Waals surface area contributed by atoms with E-state index in [1.807, 2.05) is 6.92 Å². The van der Waals surface area contributed by atoms with Crippen molar-refractivity contribution in [3.05, 3.63) is 34.2 Å². The molecule has 0 bridgehead atoms. The molecule has 1 heterocycles. The van der Waals surface area contributed by atoms with E-state index in [0.29, 0.717) is 12.8 Å². The maximum Gasteiger partial charge on any atom is 0.343 e. The van der Waals surface area contributed by atoms with Gasteiger partial charge in [-0.2, -0.15) is 0 Å². The first-order valence-corrected chi connectivity index (χ1v) is 6.46. The molecule has 19 heavy (non-hydrogen) atoms. The lowest BCUT2D eigenvalue weighted by molar-refractivity contribution is 0.00942. The second-order valence-corrected chi connectivity index (χ2v) is 5.35. The smallest absolute Gasteiger partial charge is 0.343 e. The highest BCUT2D eigenvalue weighted by Gasteiger charge is 2.30. The number of carbonyl (C=O) groups is 1. The number of methoxy groups -OCH3 is 1. The molecule has 0 amide bonds. The molecule has 104 valence electrons. The van der Waals surface area contributed by atoms with Crippen LogP contribution in [-0.4, -0.2) is 28.4 Å². The number of rotatable bonds is 2. The van der Waals surface area contributed by atoms with Gasteiger partial charge >= 0.3 is 5.97 Å². The zero-order valence-electron chi connectivity index (χ0n) is 11.3. The predicted molar refractivity (Wildman–Crippen MR) is 70.2 cm³/mol. The van der Waals surface area contributed by atoms with Gasteiger partial charge in [-0.05, 0) is 44.7 Å². The summed E-state index contributed by atoms with van der Waals surface area (Å²) in [5.74, 6) is -0.609. The van der Waals surface area contributed by atoms with Crippen molar-refractivity contribution in [2.45, 2.75) is 44.2 Å². The number of aliphatic hydroxyl groups is 1. The molecule has 0 radical (unpaired) electrons. The Bertz CT molecular complexity index is 522. The third-order valence-corrected chi connectivity index (χ3v) is 3.81. The third-order valence-electron chi connectivity index (χ3n) is 3.81. The van der Waals surface area contributed by atoms with Crippen LogP contribution in [0, 0.1) is 0 Å². The SMILES string of the molecule is COC(=O)c1cccn(C2CCC(C)(O)CC2)c1=O. The molecule has 1 N–H and O–H groups in total. The maximum absolute atomic E-state index is 12.2. The van der Waals surface area contributed by atoms with E-state index in [-0.39, 0.29) is 17.2 Å². The van der Waals surface area contributed by atoms with E-state index < -0.39 is 11.6 Å². The molecule has 5 heteroatoms. The minimum atomic E-state index is -0.639. The molecule has 1 fully saturated rings. The Morgan fingerprint density at radius 3 is 2.68 bits per heavy atom. The van der Waals surface area contributed by atoms with Crippen LogP contribution in [0.4, 0.5) is 0 Å². The summed E-state index contributed by atoms with van der Waals surface area (Å²) >= 11 is 0. The summed E-state index contributed by atoms with van der Waals surface area (Å²) in [4.78, 5) is 23.7. The van der Waals surface area contributed by atoms with Gasteiger partial charge in [0, 0.05) is 12.2 Å². The summed E-state index contributed by atoms with van der Waals surface area (Å²) in [5.41, 5.74) is -0.900. The maximum atomic E-state index is 12.2. The van der Waals surface area contributed by atoms with Crippen molar-refractivity contribution in [3.8, 4) is 0 Å². The number of carbonyl (C=O) groups excluding carboxylic acids is 1. The Labute approximate surface area is 111 Å². The fourth-order valence-corrected chi connectivity index (χ4v) is 2.57. The zero-order chi connectivity index (χ0) is 14.0. The number of hydrogen-bond donors (Lipinski definition) is 1. The van der Waals surface area contributed by atoms with Crippen molar-refractivity contribution in [3.63, 3.8) is 0 Å². The van der Waals surface area contributed by atoms with Crippen LogP contribution in [0.1, 0.15) is 49.0 Å². The lowest BCUT2D eigenvalue weighted by Crippen LogP contribution is -2.36. The lowest BCUT2D eigenvalue weighted by Gasteiger charge is -2.33. The number of esters is 1. The van der Waals surface area contributed by atoms with Crippen molar-refractivity contribution >= 4 is 5.97 Å². The Morgan fingerprint density at radius 2 is 2.11 bits per heavy atom. The highest BCUT2D eigenvalue weighted by Crippen LogP contribution is 2.33. The Kier molecular flexibility index (Phi) is 3.75. The molecule has 0 aliphatic heterocycles. The summed E-state index contributed by atoms with van der Waals surface area (Å²) in [6.07, 6.45) is 4.48. The molecule has 0 aromatic carbocycles. The highest BCUT2D eigenvalue weighted by atomic mass is 16.5. The van der Waals surface area contributed by atoms with Crippen molar-refractivity contribution < 1.29 is 14.6 Å². The number of hydrogen-bond acceptors (Lipinski definition) is 4.